The van der Waals surface area contributed by atoms with Gasteiger partial charge < -0.3 is 14.8 Å². The van der Waals surface area contributed by atoms with Crippen LogP contribution in [0.25, 0.3) is 0 Å². The lowest BCUT2D eigenvalue weighted by Gasteiger charge is -2.33. The van der Waals surface area contributed by atoms with Crippen LogP contribution in [0.3, 0.4) is 0 Å². The Labute approximate surface area is 170 Å². The van der Waals surface area contributed by atoms with Crippen molar-refractivity contribution in [3.05, 3.63) is 35.5 Å². The molecule has 2 heterocycles. The molecule has 1 N–H and O–H groups in total. The van der Waals surface area contributed by atoms with Crippen LogP contribution in [0.2, 0.25) is 0 Å². The molecule has 0 bridgehead atoms. The van der Waals surface area contributed by atoms with Crippen LogP contribution >= 0.6 is 0 Å². The van der Waals surface area contributed by atoms with Crippen LogP contribution in [0.4, 0.5) is 5.82 Å². The number of carbonyl (C=O) groups is 2. The van der Waals surface area contributed by atoms with Crippen molar-refractivity contribution in [3.8, 4) is 11.5 Å². The van der Waals surface area contributed by atoms with E-state index >= 15 is 0 Å². The van der Waals surface area contributed by atoms with Crippen molar-refractivity contribution in [2.75, 3.05) is 25.7 Å². The molecule has 0 fully saturated rings. The first-order valence-electron chi connectivity index (χ1n) is 9.83. The molecule has 0 saturated heterocycles. The highest BCUT2D eigenvalue weighted by atomic mass is 16.5. The van der Waals surface area contributed by atoms with E-state index in [-0.39, 0.29) is 11.8 Å². The fraction of sp³-hybridized carbons (Fsp3) is 0.476. The van der Waals surface area contributed by atoms with Crippen LogP contribution in [-0.2, 0) is 22.6 Å². The van der Waals surface area contributed by atoms with Crippen LogP contribution in [0, 0.1) is 6.92 Å². The average molecular weight is 400 g/mol. The van der Waals surface area contributed by atoms with Crippen molar-refractivity contribution in [2.45, 2.75) is 45.7 Å². The Morgan fingerprint density at radius 1 is 1.28 bits per heavy atom. The minimum absolute atomic E-state index is 0.0452. The number of amides is 2. The number of benzene rings is 1. The normalized spacial score (nSPS) is 14.3. The second-order valence-electron chi connectivity index (χ2n) is 7.02. The number of nitrogens with zero attached hydrogens (tertiary/aromatic N) is 3. The first kappa shape index (κ1) is 20.7. The van der Waals surface area contributed by atoms with Gasteiger partial charge in [0, 0.05) is 25.1 Å². The topological polar surface area (TPSA) is 85.7 Å². The molecule has 2 amide bonds. The van der Waals surface area contributed by atoms with Gasteiger partial charge in [-0.1, -0.05) is 13.0 Å². The minimum atomic E-state index is -0.560. The molecule has 1 aromatic carbocycles. The zero-order valence-corrected chi connectivity index (χ0v) is 17.4. The van der Waals surface area contributed by atoms with Gasteiger partial charge in [0.25, 0.3) is 0 Å². The molecule has 1 aliphatic rings. The van der Waals surface area contributed by atoms with Gasteiger partial charge >= 0.3 is 0 Å². The van der Waals surface area contributed by atoms with Gasteiger partial charge in [0.1, 0.15) is 23.4 Å². The lowest BCUT2D eigenvalue weighted by molar-refractivity contribution is -0.127. The number of hydrogen-bond acceptors (Lipinski definition) is 5. The number of fused-ring (bicyclic) bond motifs is 1. The molecule has 156 valence electrons. The van der Waals surface area contributed by atoms with Gasteiger partial charge in [0.15, 0.2) is 0 Å². The summed E-state index contributed by atoms with van der Waals surface area (Å²) in [6, 6.07) is 6.91. The van der Waals surface area contributed by atoms with E-state index in [2.05, 4.69) is 10.4 Å². The van der Waals surface area contributed by atoms with Crippen LogP contribution in [0.1, 0.15) is 31.0 Å². The Bertz CT molecular complexity index is 893. The Balaban J connectivity index is 1.67. The van der Waals surface area contributed by atoms with Crippen molar-refractivity contribution in [3.63, 3.8) is 0 Å². The zero-order valence-electron chi connectivity index (χ0n) is 17.4. The van der Waals surface area contributed by atoms with Gasteiger partial charge in [-0.3, -0.25) is 14.5 Å². The van der Waals surface area contributed by atoms with Crippen LogP contribution in [0.5, 0.6) is 11.5 Å². The van der Waals surface area contributed by atoms with Gasteiger partial charge in [-0.15, -0.1) is 0 Å². The molecule has 2 aromatic rings. The molecule has 0 saturated carbocycles. The van der Waals surface area contributed by atoms with Gasteiger partial charge in [-0.25, -0.2) is 4.68 Å². The summed E-state index contributed by atoms with van der Waals surface area (Å²) in [5, 5.41) is 7.38. The number of methoxy groups -OCH3 is 2. The van der Waals surface area contributed by atoms with E-state index in [0.717, 1.165) is 22.8 Å². The largest absolute Gasteiger partial charge is 0.497 e. The summed E-state index contributed by atoms with van der Waals surface area (Å²) < 4.78 is 12.4. The average Bonchev–Trinajstić information content (AvgIpc) is 3.10. The molecule has 1 atom stereocenters. The van der Waals surface area contributed by atoms with Crippen LogP contribution < -0.4 is 19.7 Å². The van der Waals surface area contributed by atoms with Crippen LogP contribution in [-0.4, -0.2) is 48.4 Å². The number of ether oxygens (including phenoxy) is 2. The molecule has 1 aliphatic heterocycles. The first-order valence-corrected chi connectivity index (χ1v) is 9.83. The Hall–Kier alpha value is -3.03. The second kappa shape index (κ2) is 8.98. The maximum absolute atomic E-state index is 12.9. The summed E-state index contributed by atoms with van der Waals surface area (Å²) >= 11 is 0. The SMILES string of the molecule is CC[C@H](C(=O)NCCc1ccc(OC)cc1OC)N1C(=O)CCn2nc(C)cc21. The van der Waals surface area contributed by atoms with Crippen molar-refractivity contribution >= 4 is 17.6 Å². The first-order chi connectivity index (χ1) is 14.0. The van der Waals surface area contributed by atoms with E-state index < -0.39 is 6.04 Å². The Kier molecular flexibility index (Phi) is 6.41. The summed E-state index contributed by atoms with van der Waals surface area (Å²) in [7, 11) is 3.21. The standard InChI is InChI=1S/C21H28N4O4/c1-5-17(25-19-12-14(2)23-24(19)11-9-20(25)26)21(27)22-10-8-15-6-7-16(28-3)13-18(15)29-4/h6-7,12-13,17H,5,8-11H2,1-4H3,(H,22,27)/t17-/m1/s1. The Morgan fingerprint density at radius 2 is 2.07 bits per heavy atom. The molecular weight excluding hydrogens is 372 g/mol. The summed E-state index contributed by atoms with van der Waals surface area (Å²) in [4.78, 5) is 27.1. The van der Waals surface area contributed by atoms with Crippen LogP contribution in [0.15, 0.2) is 24.3 Å². The Morgan fingerprint density at radius 3 is 2.76 bits per heavy atom. The predicted octanol–water partition coefficient (Wildman–Crippen LogP) is 2.08. The van der Waals surface area contributed by atoms with Crippen molar-refractivity contribution in [1.82, 2.24) is 15.1 Å². The van der Waals surface area contributed by atoms with Crippen molar-refractivity contribution < 1.29 is 19.1 Å². The second-order valence-corrected chi connectivity index (χ2v) is 7.02. The monoisotopic (exact) mass is 400 g/mol. The summed E-state index contributed by atoms with van der Waals surface area (Å²) in [5.41, 5.74) is 1.81. The van der Waals surface area contributed by atoms with E-state index in [1.807, 2.05) is 38.1 Å². The highest BCUT2D eigenvalue weighted by molar-refractivity contribution is 6.01. The zero-order chi connectivity index (χ0) is 21.0. The van der Waals surface area contributed by atoms with Crippen molar-refractivity contribution in [2.24, 2.45) is 0 Å². The van der Waals surface area contributed by atoms with Gasteiger partial charge in [-0.05, 0) is 31.4 Å². The van der Waals surface area contributed by atoms with Crippen molar-refractivity contribution in [1.29, 1.82) is 0 Å². The third kappa shape index (κ3) is 4.36. The summed E-state index contributed by atoms with van der Waals surface area (Å²) in [6.07, 6.45) is 1.48. The third-order valence-corrected chi connectivity index (χ3v) is 5.12. The molecule has 8 nitrogen and oxygen atoms in total. The number of carbonyl (C=O) groups excluding carboxylic acids is 2. The van der Waals surface area contributed by atoms with E-state index in [0.29, 0.717) is 38.2 Å². The lowest BCUT2D eigenvalue weighted by atomic mass is 10.1. The molecular formula is C21H28N4O4. The number of anilines is 1. The predicted molar refractivity (Wildman–Crippen MR) is 109 cm³/mol. The quantitative estimate of drug-likeness (QED) is 0.733. The number of aryl methyl sites for hydroxylation is 2. The van der Waals surface area contributed by atoms with E-state index in [9.17, 15) is 9.59 Å². The number of rotatable bonds is 8. The highest BCUT2D eigenvalue weighted by Crippen LogP contribution is 2.27. The molecule has 1 aromatic heterocycles. The molecule has 8 heteroatoms. The maximum atomic E-state index is 12.9. The third-order valence-electron chi connectivity index (χ3n) is 5.12. The summed E-state index contributed by atoms with van der Waals surface area (Å²) in [5.74, 6) is 1.92. The van der Waals surface area contributed by atoms with E-state index in [1.165, 1.54) is 0 Å². The van der Waals surface area contributed by atoms with E-state index in [1.54, 1.807) is 23.8 Å². The van der Waals surface area contributed by atoms with E-state index in [4.69, 9.17) is 9.47 Å². The molecule has 0 aliphatic carbocycles. The molecule has 0 spiro atoms. The highest BCUT2D eigenvalue weighted by Gasteiger charge is 2.34. The molecule has 0 radical (unpaired) electrons. The summed E-state index contributed by atoms with van der Waals surface area (Å²) in [6.45, 7) is 4.79. The smallest absolute Gasteiger partial charge is 0.243 e. The molecule has 29 heavy (non-hydrogen) atoms. The fourth-order valence-corrected chi connectivity index (χ4v) is 3.66. The lowest BCUT2D eigenvalue weighted by Crippen LogP contribution is -2.52. The van der Waals surface area contributed by atoms with Gasteiger partial charge in [0.2, 0.25) is 11.8 Å². The molecule has 0 unspecified atom stereocenters. The minimum Gasteiger partial charge on any atom is -0.497 e. The van der Waals surface area contributed by atoms with Gasteiger partial charge in [0.05, 0.1) is 26.5 Å². The van der Waals surface area contributed by atoms with Gasteiger partial charge in [-0.2, -0.15) is 5.10 Å². The maximum Gasteiger partial charge on any atom is 0.243 e. The number of aromatic nitrogens is 2. The number of nitrogens with one attached hydrogen (secondary N) is 1. The fourth-order valence-electron chi connectivity index (χ4n) is 3.66. The number of hydrogen-bond donors (Lipinski definition) is 1. The molecule has 3 rings (SSSR count).